The van der Waals surface area contributed by atoms with Gasteiger partial charge in [0.05, 0.1) is 18.5 Å². The Morgan fingerprint density at radius 2 is 2.20 bits per heavy atom. The average Bonchev–Trinajstić information content (AvgIpc) is 2.78. The molecule has 1 heterocycles. The van der Waals surface area contributed by atoms with Crippen LogP contribution in [0.5, 0.6) is 11.5 Å². The predicted octanol–water partition coefficient (Wildman–Crippen LogP) is 2.93. The predicted molar refractivity (Wildman–Crippen MR) is 79.2 cm³/mol. The summed E-state index contributed by atoms with van der Waals surface area (Å²) in [5.74, 6) is 0.644. The lowest BCUT2D eigenvalue weighted by atomic mass is 10.2. The molecule has 0 aliphatic rings. The first-order valence-electron chi connectivity index (χ1n) is 6.77. The van der Waals surface area contributed by atoms with E-state index in [9.17, 15) is 5.11 Å². The van der Waals surface area contributed by atoms with E-state index in [4.69, 9.17) is 4.74 Å². The number of nitrogens with zero attached hydrogens (tertiary/aromatic N) is 2. The Balaban J connectivity index is 2.04. The molecule has 1 aromatic heterocycles. The van der Waals surface area contributed by atoms with Crippen LogP contribution in [0.15, 0.2) is 24.4 Å². The first-order valence-corrected chi connectivity index (χ1v) is 6.77. The lowest BCUT2D eigenvalue weighted by molar-refractivity contribution is 0.373. The van der Waals surface area contributed by atoms with Gasteiger partial charge in [-0.2, -0.15) is 5.10 Å². The molecular formula is C15H21N3O2. The highest BCUT2D eigenvalue weighted by Crippen LogP contribution is 2.26. The zero-order valence-corrected chi connectivity index (χ0v) is 12.2. The van der Waals surface area contributed by atoms with Crippen molar-refractivity contribution in [3.05, 3.63) is 35.7 Å². The molecule has 0 atom stereocenters. The van der Waals surface area contributed by atoms with Crippen LogP contribution in [0.3, 0.4) is 0 Å². The van der Waals surface area contributed by atoms with Crippen molar-refractivity contribution in [3.63, 3.8) is 0 Å². The summed E-state index contributed by atoms with van der Waals surface area (Å²) in [7, 11) is 1.55. The van der Waals surface area contributed by atoms with Gasteiger partial charge in [0.1, 0.15) is 0 Å². The van der Waals surface area contributed by atoms with E-state index < -0.39 is 0 Å². The monoisotopic (exact) mass is 275 g/mol. The van der Waals surface area contributed by atoms with Gasteiger partial charge in [-0.25, -0.2) is 0 Å². The normalized spacial score (nSPS) is 10.6. The van der Waals surface area contributed by atoms with Crippen molar-refractivity contribution in [1.29, 1.82) is 0 Å². The average molecular weight is 275 g/mol. The van der Waals surface area contributed by atoms with Crippen LogP contribution in [0.4, 0.5) is 5.69 Å². The highest BCUT2D eigenvalue weighted by atomic mass is 16.5. The Morgan fingerprint density at radius 3 is 2.90 bits per heavy atom. The van der Waals surface area contributed by atoms with Crippen molar-refractivity contribution >= 4 is 5.69 Å². The molecule has 2 rings (SSSR count). The lowest BCUT2D eigenvalue weighted by Crippen LogP contribution is -2.00. The number of phenols is 1. The van der Waals surface area contributed by atoms with Crippen LogP contribution >= 0.6 is 0 Å². The number of methoxy groups -OCH3 is 1. The minimum Gasteiger partial charge on any atom is -0.504 e. The van der Waals surface area contributed by atoms with Gasteiger partial charge in [-0.05, 0) is 31.0 Å². The number of hydrogen-bond donors (Lipinski definition) is 2. The maximum Gasteiger partial charge on any atom is 0.160 e. The van der Waals surface area contributed by atoms with E-state index in [1.54, 1.807) is 13.2 Å². The van der Waals surface area contributed by atoms with E-state index in [0.717, 1.165) is 29.9 Å². The number of phenolic OH excluding ortho intramolecular Hbond substituents is 1. The number of aromatic nitrogens is 2. The van der Waals surface area contributed by atoms with Gasteiger partial charge < -0.3 is 15.2 Å². The van der Waals surface area contributed by atoms with Gasteiger partial charge in [-0.3, -0.25) is 4.68 Å². The van der Waals surface area contributed by atoms with Crippen molar-refractivity contribution in [2.45, 2.75) is 33.4 Å². The molecule has 0 saturated heterocycles. The molecule has 0 radical (unpaired) electrons. The Hall–Kier alpha value is -2.17. The van der Waals surface area contributed by atoms with Crippen molar-refractivity contribution in [1.82, 2.24) is 9.78 Å². The van der Waals surface area contributed by atoms with Crippen molar-refractivity contribution in [2.24, 2.45) is 0 Å². The van der Waals surface area contributed by atoms with E-state index in [1.807, 2.05) is 29.9 Å². The summed E-state index contributed by atoms with van der Waals surface area (Å²) in [4.78, 5) is 0. The van der Waals surface area contributed by atoms with Crippen molar-refractivity contribution in [2.75, 3.05) is 12.4 Å². The molecule has 0 saturated carbocycles. The van der Waals surface area contributed by atoms with E-state index in [1.165, 1.54) is 0 Å². The summed E-state index contributed by atoms with van der Waals surface area (Å²) >= 11 is 0. The molecule has 2 aromatic rings. The van der Waals surface area contributed by atoms with Gasteiger partial charge in [0.25, 0.3) is 0 Å². The fraction of sp³-hybridized carbons (Fsp3) is 0.400. The Labute approximate surface area is 119 Å². The number of ether oxygens (including phenoxy) is 1. The van der Waals surface area contributed by atoms with Crippen LogP contribution in [0.2, 0.25) is 0 Å². The van der Waals surface area contributed by atoms with Crippen LogP contribution in [-0.2, 0) is 13.1 Å². The van der Waals surface area contributed by atoms with E-state index in [2.05, 4.69) is 17.3 Å². The maximum atomic E-state index is 9.57. The summed E-state index contributed by atoms with van der Waals surface area (Å²) in [5.41, 5.74) is 3.07. The number of aryl methyl sites for hydroxylation is 2. The van der Waals surface area contributed by atoms with Crippen molar-refractivity contribution < 1.29 is 9.84 Å². The van der Waals surface area contributed by atoms with Gasteiger partial charge in [-0.15, -0.1) is 0 Å². The molecule has 0 amide bonds. The minimum atomic E-state index is 0.156. The zero-order chi connectivity index (χ0) is 14.5. The fourth-order valence-electron chi connectivity index (χ4n) is 2.06. The van der Waals surface area contributed by atoms with Gasteiger partial charge >= 0.3 is 0 Å². The fourth-order valence-corrected chi connectivity index (χ4v) is 2.06. The third-order valence-corrected chi connectivity index (χ3v) is 3.13. The molecule has 0 aliphatic heterocycles. The molecule has 5 heteroatoms. The first-order chi connectivity index (χ1) is 9.63. The largest absolute Gasteiger partial charge is 0.504 e. The zero-order valence-electron chi connectivity index (χ0n) is 12.2. The number of benzene rings is 1. The molecule has 5 nitrogen and oxygen atoms in total. The molecule has 2 N–H and O–H groups in total. The number of rotatable bonds is 6. The topological polar surface area (TPSA) is 59.3 Å². The van der Waals surface area contributed by atoms with Crippen molar-refractivity contribution in [3.8, 4) is 11.5 Å². The molecule has 108 valence electrons. The SMILES string of the molecule is CCCn1cc(NCc2ccc(O)c(OC)c2)c(C)n1. The Bertz CT molecular complexity index is 578. The highest BCUT2D eigenvalue weighted by molar-refractivity contribution is 5.47. The second-order valence-electron chi connectivity index (χ2n) is 4.75. The number of anilines is 1. The maximum absolute atomic E-state index is 9.57. The van der Waals surface area contributed by atoms with Crippen LogP contribution in [0, 0.1) is 6.92 Å². The van der Waals surface area contributed by atoms with Gasteiger partial charge in [0.2, 0.25) is 0 Å². The van der Waals surface area contributed by atoms with E-state index >= 15 is 0 Å². The second-order valence-corrected chi connectivity index (χ2v) is 4.75. The summed E-state index contributed by atoms with van der Waals surface area (Å²) in [6, 6.07) is 5.34. The summed E-state index contributed by atoms with van der Waals surface area (Å²) in [6.45, 7) is 5.71. The Kier molecular flexibility index (Phi) is 4.50. The molecule has 0 unspecified atom stereocenters. The van der Waals surface area contributed by atoms with E-state index in [0.29, 0.717) is 12.3 Å². The molecule has 20 heavy (non-hydrogen) atoms. The molecule has 1 aromatic carbocycles. The number of aromatic hydroxyl groups is 1. The first kappa shape index (κ1) is 14.2. The third kappa shape index (κ3) is 3.23. The van der Waals surface area contributed by atoms with Gasteiger partial charge in [-0.1, -0.05) is 13.0 Å². The standard InChI is InChI=1S/C15H21N3O2/c1-4-7-18-10-13(11(2)17-18)16-9-12-5-6-14(19)15(8-12)20-3/h5-6,8,10,16,19H,4,7,9H2,1-3H3. The summed E-state index contributed by atoms with van der Waals surface area (Å²) < 4.78 is 7.06. The summed E-state index contributed by atoms with van der Waals surface area (Å²) in [6.07, 6.45) is 3.09. The van der Waals surface area contributed by atoms with Gasteiger partial charge in [0.15, 0.2) is 11.5 Å². The Morgan fingerprint density at radius 1 is 1.40 bits per heavy atom. The van der Waals surface area contributed by atoms with Crippen LogP contribution in [0.1, 0.15) is 24.6 Å². The van der Waals surface area contributed by atoms with E-state index in [-0.39, 0.29) is 5.75 Å². The smallest absolute Gasteiger partial charge is 0.160 e. The highest BCUT2D eigenvalue weighted by Gasteiger charge is 2.06. The second kappa shape index (κ2) is 6.32. The molecule has 0 fully saturated rings. The quantitative estimate of drug-likeness (QED) is 0.851. The molecule has 0 aliphatic carbocycles. The number of hydrogen-bond acceptors (Lipinski definition) is 4. The third-order valence-electron chi connectivity index (χ3n) is 3.13. The van der Waals surface area contributed by atoms with Crippen LogP contribution in [-0.4, -0.2) is 22.0 Å². The molecular weight excluding hydrogens is 254 g/mol. The number of nitrogens with one attached hydrogen (secondary N) is 1. The van der Waals surface area contributed by atoms with Gasteiger partial charge in [0, 0.05) is 19.3 Å². The van der Waals surface area contributed by atoms with Crippen LogP contribution < -0.4 is 10.1 Å². The lowest BCUT2D eigenvalue weighted by Gasteiger charge is -2.08. The minimum absolute atomic E-state index is 0.156. The molecule has 0 bridgehead atoms. The molecule has 0 spiro atoms. The summed E-state index contributed by atoms with van der Waals surface area (Å²) in [5, 5.41) is 17.4. The van der Waals surface area contributed by atoms with Crippen LogP contribution in [0.25, 0.3) is 0 Å².